The predicted octanol–water partition coefficient (Wildman–Crippen LogP) is 6.59. The normalized spacial score (nSPS) is 11.4. The molecule has 1 aromatic heterocycles. The summed E-state index contributed by atoms with van der Waals surface area (Å²) < 4.78 is 2.33. The van der Waals surface area contributed by atoms with Crippen LogP contribution in [0, 0.1) is 12.8 Å². The van der Waals surface area contributed by atoms with Crippen LogP contribution in [-0.2, 0) is 6.42 Å². The first-order chi connectivity index (χ1) is 13.1. The topological polar surface area (TPSA) is 17.8 Å². The molecule has 0 bridgehead atoms. The molecule has 0 aliphatic carbocycles. The Morgan fingerprint density at radius 1 is 0.889 bits per heavy atom. The molecule has 0 atom stereocenters. The fraction of sp³-hybridized carbons (Fsp3) is 0.240. The molecule has 1 heterocycles. The molecule has 0 N–H and O–H groups in total. The number of imidazole rings is 1. The van der Waals surface area contributed by atoms with Gasteiger partial charge in [0.05, 0.1) is 16.7 Å². The Balaban J connectivity index is 1.96. The van der Waals surface area contributed by atoms with E-state index in [4.69, 9.17) is 4.98 Å². The number of hydrogen-bond acceptors (Lipinski definition) is 1. The Hall–Kier alpha value is -2.87. The first-order valence-corrected chi connectivity index (χ1v) is 9.76. The minimum Gasteiger partial charge on any atom is -0.292 e. The summed E-state index contributed by atoms with van der Waals surface area (Å²) in [4.78, 5) is 5.02. The zero-order valence-electron chi connectivity index (χ0n) is 16.3. The van der Waals surface area contributed by atoms with E-state index in [-0.39, 0.29) is 0 Å². The number of aryl methyl sites for hydroxylation is 2. The highest BCUT2D eigenvalue weighted by molar-refractivity contribution is 5.84. The molecule has 2 nitrogen and oxygen atoms in total. The summed E-state index contributed by atoms with van der Waals surface area (Å²) in [6.07, 6.45) is 2.26. The number of para-hydroxylation sites is 1. The molecule has 0 spiro atoms. The van der Waals surface area contributed by atoms with Gasteiger partial charge in [0, 0.05) is 5.56 Å². The predicted molar refractivity (Wildman–Crippen MR) is 114 cm³/mol. The largest absolute Gasteiger partial charge is 0.292 e. The van der Waals surface area contributed by atoms with E-state index in [0.29, 0.717) is 5.92 Å². The van der Waals surface area contributed by atoms with Gasteiger partial charge in [-0.2, -0.15) is 0 Å². The molecule has 4 aromatic rings. The SMILES string of the molecule is Cc1ccc2c(c1)nc(-c1ccccc1)n2-c1ccccc1CCC(C)C. The molecular formula is C25H26N2. The second-order valence-corrected chi connectivity index (χ2v) is 7.69. The quantitative estimate of drug-likeness (QED) is 0.395. The Bertz CT molecular complexity index is 1060. The van der Waals surface area contributed by atoms with Crippen LogP contribution in [-0.4, -0.2) is 9.55 Å². The van der Waals surface area contributed by atoms with Crippen LogP contribution < -0.4 is 0 Å². The van der Waals surface area contributed by atoms with E-state index in [2.05, 4.69) is 98.1 Å². The van der Waals surface area contributed by atoms with E-state index in [9.17, 15) is 0 Å². The van der Waals surface area contributed by atoms with Crippen LogP contribution in [0.4, 0.5) is 0 Å². The molecule has 3 aromatic carbocycles. The van der Waals surface area contributed by atoms with Gasteiger partial charge in [-0.05, 0) is 55.0 Å². The van der Waals surface area contributed by atoms with Crippen LogP contribution in [0.25, 0.3) is 28.1 Å². The summed E-state index contributed by atoms with van der Waals surface area (Å²) in [5, 5.41) is 0. The maximum atomic E-state index is 5.02. The highest BCUT2D eigenvalue weighted by Gasteiger charge is 2.16. The molecule has 0 fully saturated rings. The lowest BCUT2D eigenvalue weighted by atomic mass is 10.0. The summed E-state index contributed by atoms with van der Waals surface area (Å²) >= 11 is 0. The molecule has 4 rings (SSSR count). The Kier molecular flexibility index (Phi) is 4.81. The van der Waals surface area contributed by atoms with Gasteiger partial charge >= 0.3 is 0 Å². The van der Waals surface area contributed by atoms with Crippen LogP contribution in [0.15, 0.2) is 72.8 Å². The van der Waals surface area contributed by atoms with Crippen molar-refractivity contribution in [3.8, 4) is 17.1 Å². The van der Waals surface area contributed by atoms with Crippen LogP contribution in [0.1, 0.15) is 31.4 Å². The summed E-state index contributed by atoms with van der Waals surface area (Å²) in [7, 11) is 0. The van der Waals surface area contributed by atoms with E-state index in [1.54, 1.807) is 0 Å². The lowest BCUT2D eigenvalue weighted by Crippen LogP contribution is -2.03. The number of benzene rings is 3. The van der Waals surface area contributed by atoms with Crippen LogP contribution in [0.5, 0.6) is 0 Å². The minimum absolute atomic E-state index is 0.689. The van der Waals surface area contributed by atoms with Gasteiger partial charge in [-0.15, -0.1) is 0 Å². The van der Waals surface area contributed by atoms with Crippen LogP contribution in [0.2, 0.25) is 0 Å². The van der Waals surface area contributed by atoms with Crippen molar-refractivity contribution in [2.75, 3.05) is 0 Å². The molecular weight excluding hydrogens is 328 g/mol. The number of nitrogens with zero attached hydrogens (tertiary/aromatic N) is 2. The summed E-state index contributed by atoms with van der Waals surface area (Å²) in [5.41, 5.74) is 7.21. The number of rotatable bonds is 5. The highest BCUT2D eigenvalue weighted by Crippen LogP contribution is 2.31. The van der Waals surface area contributed by atoms with Gasteiger partial charge in [0.25, 0.3) is 0 Å². The third kappa shape index (κ3) is 3.52. The van der Waals surface area contributed by atoms with Crippen molar-refractivity contribution in [2.45, 2.75) is 33.6 Å². The van der Waals surface area contributed by atoms with Crippen LogP contribution >= 0.6 is 0 Å². The van der Waals surface area contributed by atoms with Gasteiger partial charge in [0.1, 0.15) is 5.82 Å². The summed E-state index contributed by atoms with van der Waals surface area (Å²) in [5.74, 6) is 1.70. The van der Waals surface area contributed by atoms with Gasteiger partial charge in [-0.1, -0.05) is 68.4 Å². The van der Waals surface area contributed by atoms with Crippen molar-refractivity contribution in [1.29, 1.82) is 0 Å². The van der Waals surface area contributed by atoms with Crippen molar-refractivity contribution in [3.05, 3.63) is 83.9 Å². The molecule has 27 heavy (non-hydrogen) atoms. The van der Waals surface area contributed by atoms with Crippen molar-refractivity contribution < 1.29 is 0 Å². The number of aromatic nitrogens is 2. The fourth-order valence-corrected chi connectivity index (χ4v) is 3.60. The molecule has 0 saturated carbocycles. The lowest BCUT2D eigenvalue weighted by molar-refractivity contribution is 0.586. The molecule has 0 radical (unpaired) electrons. The summed E-state index contributed by atoms with van der Waals surface area (Å²) in [6.45, 7) is 6.69. The third-order valence-corrected chi connectivity index (χ3v) is 5.07. The van der Waals surface area contributed by atoms with Gasteiger partial charge in [-0.25, -0.2) is 4.98 Å². The van der Waals surface area contributed by atoms with E-state index >= 15 is 0 Å². The fourth-order valence-electron chi connectivity index (χ4n) is 3.60. The maximum absolute atomic E-state index is 5.02. The monoisotopic (exact) mass is 354 g/mol. The molecule has 0 aliphatic rings. The zero-order valence-corrected chi connectivity index (χ0v) is 16.3. The van der Waals surface area contributed by atoms with E-state index in [1.165, 1.54) is 23.2 Å². The van der Waals surface area contributed by atoms with E-state index in [1.807, 2.05) is 0 Å². The number of hydrogen-bond donors (Lipinski definition) is 0. The van der Waals surface area contributed by atoms with E-state index < -0.39 is 0 Å². The highest BCUT2D eigenvalue weighted by atomic mass is 15.1. The van der Waals surface area contributed by atoms with Crippen molar-refractivity contribution in [3.63, 3.8) is 0 Å². The van der Waals surface area contributed by atoms with Gasteiger partial charge in [0.2, 0.25) is 0 Å². The van der Waals surface area contributed by atoms with Gasteiger partial charge in [0.15, 0.2) is 0 Å². The molecule has 136 valence electrons. The molecule has 0 amide bonds. The summed E-state index contributed by atoms with van der Waals surface area (Å²) in [6, 6.07) is 25.8. The first kappa shape index (κ1) is 17.5. The molecule has 0 aliphatic heterocycles. The number of fused-ring (bicyclic) bond motifs is 1. The van der Waals surface area contributed by atoms with Gasteiger partial charge in [-0.3, -0.25) is 4.57 Å². The zero-order chi connectivity index (χ0) is 18.8. The second-order valence-electron chi connectivity index (χ2n) is 7.69. The molecule has 2 heteroatoms. The Morgan fingerprint density at radius 2 is 1.63 bits per heavy atom. The molecule has 0 saturated heterocycles. The minimum atomic E-state index is 0.689. The van der Waals surface area contributed by atoms with E-state index in [0.717, 1.165) is 28.8 Å². The third-order valence-electron chi connectivity index (χ3n) is 5.07. The average molecular weight is 354 g/mol. The smallest absolute Gasteiger partial charge is 0.145 e. The van der Waals surface area contributed by atoms with Crippen molar-refractivity contribution in [2.24, 2.45) is 5.92 Å². The van der Waals surface area contributed by atoms with Crippen LogP contribution in [0.3, 0.4) is 0 Å². The maximum Gasteiger partial charge on any atom is 0.145 e. The van der Waals surface area contributed by atoms with Crippen molar-refractivity contribution >= 4 is 11.0 Å². The molecule has 0 unspecified atom stereocenters. The van der Waals surface area contributed by atoms with Gasteiger partial charge < -0.3 is 0 Å². The second kappa shape index (κ2) is 7.40. The Morgan fingerprint density at radius 3 is 2.41 bits per heavy atom. The Labute approximate surface area is 161 Å². The standard InChI is InChI=1S/C25H26N2/c1-18(2)13-15-20-9-7-8-12-23(20)27-24-16-14-19(3)17-22(24)26-25(27)21-10-5-4-6-11-21/h4-12,14,16-18H,13,15H2,1-3H3. The lowest BCUT2D eigenvalue weighted by Gasteiger charge is -2.15. The van der Waals surface area contributed by atoms with Crippen molar-refractivity contribution in [1.82, 2.24) is 9.55 Å². The average Bonchev–Trinajstić information content (AvgIpc) is 3.05. The first-order valence-electron chi connectivity index (χ1n) is 9.76.